The van der Waals surface area contributed by atoms with Crippen molar-refractivity contribution in [2.75, 3.05) is 0 Å². The van der Waals surface area contributed by atoms with Crippen molar-refractivity contribution in [3.63, 3.8) is 0 Å². The Bertz CT molecular complexity index is 520. The van der Waals surface area contributed by atoms with E-state index in [0.29, 0.717) is 13.1 Å². The number of nitrogens with zero attached hydrogens (tertiary/aromatic N) is 3. The number of rotatable bonds is 5. The van der Waals surface area contributed by atoms with E-state index in [9.17, 15) is 10.1 Å². The van der Waals surface area contributed by atoms with Crippen LogP contribution < -0.4 is 5.32 Å². The first-order valence-electron chi connectivity index (χ1n) is 5.07. The summed E-state index contributed by atoms with van der Waals surface area (Å²) < 4.78 is 1.93. The zero-order valence-electron chi connectivity index (χ0n) is 9.29. The first kappa shape index (κ1) is 11.7. The lowest BCUT2D eigenvalue weighted by Gasteiger charge is -2.02. The number of thiophene rings is 1. The van der Waals surface area contributed by atoms with Crippen molar-refractivity contribution in [1.82, 2.24) is 14.9 Å². The summed E-state index contributed by atoms with van der Waals surface area (Å²) in [6.07, 6.45) is 3.62. The Kier molecular flexibility index (Phi) is 3.50. The van der Waals surface area contributed by atoms with Gasteiger partial charge in [-0.25, -0.2) is 4.98 Å². The third-order valence-electron chi connectivity index (χ3n) is 2.33. The van der Waals surface area contributed by atoms with Crippen molar-refractivity contribution < 1.29 is 4.92 Å². The molecule has 2 aromatic heterocycles. The van der Waals surface area contributed by atoms with Crippen molar-refractivity contribution in [2.24, 2.45) is 7.05 Å². The summed E-state index contributed by atoms with van der Waals surface area (Å²) in [6, 6.07) is 3.30. The van der Waals surface area contributed by atoms with E-state index in [1.807, 2.05) is 17.8 Å². The molecule has 0 bridgehead atoms. The highest BCUT2D eigenvalue weighted by atomic mass is 32.1. The predicted octanol–water partition coefficient (Wildman–Crippen LogP) is 1.68. The lowest BCUT2D eigenvalue weighted by Crippen LogP contribution is -2.14. The quantitative estimate of drug-likeness (QED) is 0.649. The molecule has 0 spiro atoms. The lowest BCUT2D eigenvalue weighted by molar-refractivity contribution is -0.380. The first-order valence-corrected chi connectivity index (χ1v) is 5.88. The molecule has 0 saturated carbocycles. The SMILES string of the molecule is Cn1ccnc1CNCc1ccc([N+](=O)[O-])s1. The Morgan fingerprint density at radius 3 is 2.94 bits per heavy atom. The summed E-state index contributed by atoms with van der Waals surface area (Å²) in [6.45, 7) is 1.26. The molecule has 6 nitrogen and oxygen atoms in total. The highest BCUT2D eigenvalue weighted by Gasteiger charge is 2.09. The molecule has 17 heavy (non-hydrogen) atoms. The van der Waals surface area contributed by atoms with E-state index < -0.39 is 0 Å². The molecule has 0 fully saturated rings. The van der Waals surface area contributed by atoms with Gasteiger partial charge in [-0.15, -0.1) is 0 Å². The Labute approximate surface area is 102 Å². The summed E-state index contributed by atoms with van der Waals surface area (Å²) in [5.74, 6) is 0.941. The maximum Gasteiger partial charge on any atom is 0.324 e. The summed E-state index contributed by atoms with van der Waals surface area (Å²) in [7, 11) is 1.93. The summed E-state index contributed by atoms with van der Waals surface area (Å²) in [5, 5.41) is 13.9. The zero-order chi connectivity index (χ0) is 12.3. The van der Waals surface area contributed by atoms with E-state index in [1.54, 1.807) is 12.3 Å². The summed E-state index contributed by atoms with van der Waals surface area (Å²) >= 11 is 1.19. The van der Waals surface area contributed by atoms with Crippen LogP contribution in [-0.2, 0) is 20.1 Å². The number of imidazole rings is 1. The highest BCUT2D eigenvalue weighted by molar-refractivity contribution is 7.15. The third kappa shape index (κ3) is 2.89. The number of aromatic nitrogens is 2. The van der Waals surface area contributed by atoms with Crippen molar-refractivity contribution in [3.05, 3.63) is 45.3 Å². The van der Waals surface area contributed by atoms with Gasteiger partial charge in [-0.1, -0.05) is 11.3 Å². The molecule has 0 unspecified atom stereocenters. The molecule has 2 rings (SSSR count). The van der Waals surface area contributed by atoms with E-state index in [-0.39, 0.29) is 9.92 Å². The van der Waals surface area contributed by atoms with Gasteiger partial charge in [0.2, 0.25) is 0 Å². The van der Waals surface area contributed by atoms with Gasteiger partial charge in [-0.3, -0.25) is 10.1 Å². The van der Waals surface area contributed by atoms with Crippen LogP contribution >= 0.6 is 11.3 Å². The van der Waals surface area contributed by atoms with E-state index in [1.165, 1.54) is 17.4 Å². The molecule has 1 N–H and O–H groups in total. The molecular formula is C10H12N4O2S. The molecule has 0 amide bonds. The molecule has 0 aliphatic rings. The molecule has 2 aromatic rings. The Hall–Kier alpha value is -1.73. The van der Waals surface area contributed by atoms with Crippen molar-refractivity contribution in [2.45, 2.75) is 13.1 Å². The second-order valence-corrected chi connectivity index (χ2v) is 4.70. The largest absolute Gasteiger partial charge is 0.337 e. The van der Waals surface area contributed by atoms with E-state index in [2.05, 4.69) is 10.3 Å². The van der Waals surface area contributed by atoms with Gasteiger partial charge in [0.05, 0.1) is 11.5 Å². The first-order chi connectivity index (χ1) is 8.16. The van der Waals surface area contributed by atoms with Crippen LogP contribution in [0.3, 0.4) is 0 Å². The van der Waals surface area contributed by atoms with Crippen LogP contribution in [-0.4, -0.2) is 14.5 Å². The number of hydrogen-bond donors (Lipinski definition) is 1. The van der Waals surface area contributed by atoms with E-state index >= 15 is 0 Å². The number of nitro groups is 1. The molecule has 0 atom stereocenters. The van der Waals surface area contributed by atoms with Crippen molar-refractivity contribution >= 4 is 16.3 Å². The minimum atomic E-state index is -0.368. The van der Waals surface area contributed by atoms with Crippen molar-refractivity contribution in [3.8, 4) is 0 Å². The molecule has 0 aliphatic carbocycles. The average Bonchev–Trinajstić information content (AvgIpc) is 2.89. The van der Waals surface area contributed by atoms with Gasteiger partial charge >= 0.3 is 5.00 Å². The molecule has 0 aliphatic heterocycles. The third-order valence-corrected chi connectivity index (χ3v) is 3.37. The van der Waals surface area contributed by atoms with Gasteiger partial charge < -0.3 is 9.88 Å². The maximum atomic E-state index is 10.5. The maximum absolute atomic E-state index is 10.5. The minimum absolute atomic E-state index is 0.179. The van der Waals surface area contributed by atoms with Gasteiger partial charge in [0.15, 0.2) is 0 Å². The molecule has 90 valence electrons. The molecule has 7 heteroatoms. The predicted molar refractivity (Wildman–Crippen MR) is 64.7 cm³/mol. The van der Waals surface area contributed by atoms with Crippen LogP contribution in [0, 0.1) is 10.1 Å². The topological polar surface area (TPSA) is 73.0 Å². The molecule has 0 radical (unpaired) electrons. The second-order valence-electron chi connectivity index (χ2n) is 3.55. The fourth-order valence-corrected chi connectivity index (χ4v) is 2.21. The Morgan fingerprint density at radius 1 is 1.53 bits per heavy atom. The zero-order valence-corrected chi connectivity index (χ0v) is 10.1. The average molecular weight is 252 g/mol. The molecule has 0 aromatic carbocycles. The molecular weight excluding hydrogens is 240 g/mol. The van der Waals surface area contributed by atoms with Crippen LogP contribution in [0.2, 0.25) is 0 Å². The van der Waals surface area contributed by atoms with Crippen LogP contribution in [0.25, 0.3) is 0 Å². The van der Waals surface area contributed by atoms with Gasteiger partial charge in [0.1, 0.15) is 5.82 Å². The number of nitrogens with one attached hydrogen (secondary N) is 1. The normalized spacial score (nSPS) is 10.6. The number of aryl methyl sites for hydroxylation is 1. The standard InChI is InChI=1S/C10H12N4O2S/c1-13-5-4-12-9(13)7-11-6-8-2-3-10(17-8)14(15)16/h2-5,11H,6-7H2,1H3. The summed E-state index contributed by atoms with van der Waals surface area (Å²) in [4.78, 5) is 15.3. The monoisotopic (exact) mass is 252 g/mol. The van der Waals surface area contributed by atoms with Gasteiger partial charge in [0.25, 0.3) is 0 Å². The van der Waals surface area contributed by atoms with Gasteiger partial charge in [0, 0.05) is 36.9 Å². The minimum Gasteiger partial charge on any atom is -0.337 e. The van der Waals surface area contributed by atoms with Crippen LogP contribution in [0.5, 0.6) is 0 Å². The van der Waals surface area contributed by atoms with Gasteiger partial charge in [-0.05, 0) is 6.07 Å². The smallest absolute Gasteiger partial charge is 0.324 e. The van der Waals surface area contributed by atoms with Gasteiger partial charge in [-0.2, -0.15) is 0 Å². The number of hydrogen-bond acceptors (Lipinski definition) is 5. The van der Waals surface area contributed by atoms with Crippen LogP contribution in [0.4, 0.5) is 5.00 Å². The van der Waals surface area contributed by atoms with Crippen LogP contribution in [0.1, 0.15) is 10.7 Å². The van der Waals surface area contributed by atoms with Crippen molar-refractivity contribution in [1.29, 1.82) is 0 Å². The van der Waals surface area contributed by atoms with E-state index in [0.717, 1.165) is 10.7 Å². The Balaban J connectivity index is 1.86. The second kappa shape index (κ2) is 5.07. The van der Waals surface area contributed by atoms with E-state index in [4.69, 9.17) is 0 Å². The molecule has 2 heterocycles. The van der Waals surface area contributed by atoms with Crippen LogP contribution in [0.15, 0.2) is 24.5 Å². The molecule has 0 saturated heterocycles. The fourth-order valence-electron chi connectivity index (χ4n) is 1.42. The lowest BCUT2D eigenvalue weighted by atomic mass is 10.4. The fraction of sp³-hybridized carbons (Fsp3) is 0.300. The Morgan fingerprint density at radius 2 is 2.35 bits per heavy atom. The highest BCUT2D eigenvalue weighted by Crippen LogP contribution is 2.23. The summed E-state index contributed by atoms with van der Waals surface area (Å²) in [5.41, 5.74) is 0.